The zero-order valence-corrected chi connectivity index (χ0v) is 19.3. The molecule has 0 radical (unpaired) electrons. The number of nitrogens with one attached hydrogen (secondary N) is 2. The van der Waals surface area contributed by atoms with Crippen molar-refractivity contribution in [3.63, 3.8) is 0 Å². The van der Waals surface area contributed by atoms with Crippen LogP contribution >= 0.6 is 24.0 Å². The molecule has 2 rings (SSSR count). The first-order valence-corrected chi connectivity index (χ1v) is 9.15. The number of hydrogen-bond donors (Lipinski definition) is 2. The Bertz CT molecular complexity index is 694. The lowest BCUT2D eigenvalue weighted by molar-refractivity contribution is 0.298. The number of nitrogens with zero attached hydrogens (tertiary/aromatic N) is 5. The van der Waals surface area contributed by atoms with E-state index >= 15 is 0 Å². The van der Waals surface area contributed by atoms with Crippen molar-refractivity contribution in [2.45, 2.75) is 32.9 Å². The minimum Gasteiger partial charge on any atom is -0.357 e. The fourth-order valence-corrected chi connectivity index (χ4v) is 2.72. The average molecular weight is 485 g/mol. The smallest absolute Gasteiger partial charge is 0.191 e. The summed E-state index contributed by atoms with van der Waals surface area (Å²) in [6.07, 6.45) is 2.61. The molecule has 27 heavy (non-hydrogen) atoms. The van der Waals surface area contributed by atoms with Crippen LogP contribution in [0.2, 0.25) is 0 Å². The van der Waals surface area contributed by atoms with E-state index < -0.39 is 0 Å². The highest BCUT2D eigenvalue weighted by molar-refractivity contribution is 14.0. The Morgan fingerprint density at radius 3 is 2.41 bits per heavy atom. The Kier molecular flexibility index (Phi) is 10.3. The summed E-state index contributed by atoms with van der Waals surface area (Å²) in [6.45, 7) is 6.30. The molecule has 0 spiro atoms. The van der Waals surface area contributed by atoms with Crippen molar-refractivity contribution in [1.82, 2.24) is 30.3 Å². The first kappa shape index (κ1) is 23.4. The lowest BCUT2D eigenvalue weighted by atomic mass is 10.0. The first-order chi connectivity index (χ1) is 12.5. The molecule has 0 bridgehead atoms. The molecule has 1 atom stereocenters. The van der Waals surface area contributed by atoms with Crippen molar-refractivity contribution < 1.29 is 0 Å². The molecule has 1 aromatic heterocycles. The van der Waals surface area contributed by atoms with Crippen molar-refractivity contribution in [3.05, 3.63) is 47.5 Å². The van der Waals surface area contributed by atoms with Gasteiger partial charge in [0, 0.05) is 20.1 Å². The van der Waals surface area contributed by atoms with Crippen molar-refractivity contribution >= 4 is 29.9 Å². The second-order valence-corrected chi connectivity index (χ2v) is 6.45. The van der Waals surface area contributed by atoms with Gasteiger partial charge < -0.3 is 15.5 Å². The topological polar surface area (TPSA) is 70.4 Å². The Morgan fingerprint density at radius 2 is 1.89 bits per heavy atom. The van der Waals surface area contributed by atoms with E-state index in [9.17, 15) is 0 Å². The molecular weight excluding hydrogens is 453 g/mol. The molecule has 2 N–H and O–H groups in total. The van der Waals surface area contributed by atoms with E-state index in [-0.39, 0.29) is 30.0 Å². The van der Waals surface area contributed by atoms with Crippen LogP contribution in [0.4, 0.5) is 0 Å². The minimum atomic E-state index is 0. The summed E-state index contributed by atoms with van der Waals surface area (Å²) in [7, 11) is 6.08. The largest absolute Gasteiger partial charge is 0.357 e. The first-order valence-electron chi connectivity index (χ1n) is 9.15. The van der Waals surface area contributed by atoms with E-state index in [1.165, 1.54) is 11.1 Å². The van der Waals surface area contributed by atoms with Crippen molar-refractivity contribution in [2.24, 2.45) is 12.0 Å². The standard InChI is InChI=1S/C19H31N7.HI/c1-6-15-8-10-16(11-9-15)17(25(3)4)12-21-19(20-7-2)22-13-18-23-14-24-26(18)5;/h8-11,14,17H,6-7,12-13H2,1-5H3,(H2,20,21,22);1H. The molecule has 0 amide bonds. The van der Waals surface area contributed by atoms with Gasteiger partial charge in [0.2, 0.25) is 0 Å². The van der Waals surface area contributed by atoms with Crippen LogP contribution in [-0.4, -0.2) is 52.8 Å². The van der Waals surface area contributed by atoms with E-state index in [1.807, 2.05) is 7.05 Å². The summed E-state index contributed by atoms with van der Waals surface area (Å²) in [4.78, 5) is 11.1. The van der Waals surface area contributed by atoms with Crippen LogP contribution in [-0.2, 0) is 20.0 Å². The second kappa shape index (κ2) is 11.9. The molecule has 0 aliphatic heterocycles. The number of aliphatic imine (C=N–C) groups is 1. The molecule has 8 heteroatoms. The Labute approximate surface area is 179 Å². The fourth-order valence-electron chi connectivity index (χ4n) is 2.72. The van der Waals surface area contributed by atoms with E-state index in [1.54, 1.807) is 11.0 Å². The van der Waals surface area contributed by atoms with Gasteiger partial charge in [-0.1, -0.05) is 31.2 Å². The molecule has 0 fully saturated rings. The predicted molar refractivity (Wildman–Crippen MR) is 121 cm³/mol. The van der Waals surface area contributed by atoms with Gasteiger partial charge >= 0.3 is 0 Å². The number of likely N-dealkylation sites (N-methyl/N-ethyl adjacent to an activating group) is 1. The number of halogens is 1. The van der Waals surface area contributed by atoms with E-state index in [0.29, 0.717) is 6.54 Å². The Hall–Kier alpha value is -1.68. The van der Waals surface area contributed by atoms with Gasteiger partial charge in [-0.3, -0.25) is 4.68 Å². The van der Waals surface area contributed by atoms with Crippen LogP contribution in [0.25, 0.3) is 0 Å². The van der Waals surface area contributed by atoms with Crippen LogP contribution in [0, 0.1) is 0 Å². The summed E-state index contributed by atoms with van der Waals surface area (Å²) in [5, 5.41) is 10.8. The van der Waals surface area contributed by atoms with Gasteiger partial charge in [0.15, 0.2) is 5.96 Å². The molecule has 1 aromatic carbocycles. The van der Waals surface area contributed by atoms with E-state index in [2.05, 4.69) is 82.8 Å². The van der Waals surface area contributed by atoms with Gasteiger partial charge in [-0.2, -0.15) is 5.10 Å². The van der Waals surface area contributed by atoms with E-state index in [0.717, 1.165) is 31.3 Å². The van der Waals surface area contributed by atoms with E-state index in [4.69, 9.17) is 0 Å². The maximum absolute atomic E-state index is 4.62. The van der Waals surface area contributed by atoms with Crippen LogP contribution in [0.15, 0.2) is 35.6 Å². The van der Waals surface area contributed by atoms with Crippen molar-refractivity contribution in [1.29, 1.82) is 0 Å². The van der Waals surface area contributed by atoms with Gasteiger partial charge in [0.25, 0.3) is 0 Å². The molecule has 0 aliphatic rings. The van der Waals surface area contributed by atoms with Gasteiger partial charge in [0.05, 0.1) is 6.04 Å². The average Bonchev–Trinajstić information content (AvgIpc) is 3.05. The molecule has 0 saturated carbocycles. The maximum atomic E-state index is 4.62. The van der Waals surface area contributed by atoms with Crippen molar-refractivity contribution in [2.75, 3.05) is 27.2 Å². The molecule has 2 aromatic rings. The van der Waals surface area contributed by atoms with Crippen LogP contribution in [0.3, 0.4) is 0 Å². The minimum absolute atomic E-state index is 0. The van der Waals surface area contributed by atoms with Crippen LogP contribution in [0.1, 0.15) is 36.8 Å². The number of rotatable bonds is 8. The Balaban J connectivity index is 0.00000364. The van der Waals surface area contributed by atoms with Crippen molar-refractivity contribution in [3.8, 4) is 0 Å². The number of benzene rings is 1. The van der Waals surface area contributed by atoms with Gasteiger partial charge in [-0.15, -0.1) is 24.0 Å². The van der Waals surface area contributed by atoms with Gasteiger partial charge in [0.1, 0.15) is 18.7 Å². The lowest BCUT2D eigenvalue weighted by Crippen LogP contribution is -2.41. The number of aromatic nitrogens is 3. The summed E-state index contributed by atoms with van der Waals surface area (Å²) in [5.74, 6) is 1.62. The highest BCUT2D eigenvalue weighted by Gasteiger charge is 2.14. The summed E-state index contributed by atoms with van der Waals surface area (Å²) >= 11 is 0. The molecule has 0 aliphatic carbocycles. The third-order valence-corrected chi connectivity index (χ3v) is 4.39. The van der Waals surface area contributed by atoms with Crippen LogP contribution < -0.4 is 10.6 Å². The SMILES string of the molecule is CCNC(=NCc1ncnn1C)NCC(c1ccc(CC)cc1)N(C)C.I. The second-order valence-electron chi connectivity index (χ2n) is 6.45. The molecule has 150 valence electrons. The fraction of sp³-hybridized carbons (Fsp3) is 0.526. The summed E-state index contributed by atoms with van der Waals surface area (Å²) in [5.41, 5.74) is 2.65. The molecule has 1 unspecified atom stereocenters. The van der Waals surface area contributed by atoms with Crippen LogP contribution in [0.5, 0.6) is 0 Å². The zero-order valence-electron chi connectivity index (χ0n) is 16.9. The Morgan fingerprint density at radius 1 is 1.19 bits per heavy atom. The highest BCUT2D eigenvalue weighted by atomic mass is 127. The number of hydrogen-bond acceptors (Lipinski definition) is 4. The predicted octanol–water partition coefficient (Wildman–Crippen LogP) is 2.35. The summed E-state index contributed by atoms with van der Waals surface area (Å²) < 4.78 is 1.74. The third kappa shape index (κ3) is 7.10. The quantitative estimate of drug-likeness (QED) is 0.342. The monoisotopic (exact) mass is 485 g/mol. The van der Waals surface area contributed by atoms with Gasteiger partial charge in [-0.25, -0.2) is 9.98 Å². The third-order valence-electron chi connectivity index (χ3n) is 4.39. The molecule has 1 heterocycles. The zero-order chi connectivity index (χ0) is 18.9. The highest BCUT2D eigenvalue weighted by Crippen LogP contribution is 2.18. The normalized spacial score (nSPS) is 12.6. The number of guanidine groups is 1. The summed E-state index contributed by atoms with van der Waals surface area (Å²) in [6, 6.07) is 9.11. The maximum Gasteiger partial charge on any atom is 0.191 e. The molecule has 0 saturated heterocycles. The molecular formula is C19H32IN7. The van der Waals surface area contributed by atoms with Gasteiger partial charge in [-0.05, 0) is 38.6 Å². The molecule has 7 nitrogen and oxygen atoms in total. The number of aryl methyl sites for hydroxylation is 2. The lowest BCUT2D eigenvalue weighted by Gasteiger charge is -2.26.